The second-order valence-corrected chi connectivity index (χ2v) is 9.08. The zero-order valence-electron chi connectivity index (χ0n) is 19.3. The van der Waals surface area contributed by atoms with Crippen LogP contribution in [0.1, 0.15) is 23.6 Å². The molecule has 0 aliphatic carbocycles. The highest BCUT2D eigenvalue weighted by Gasteiger charge is 2.27. The topological polar surface area (TPSA) is 96.7 Å². The molecule has 7 nitrogen and oxygen atoms in total. The number of carboxylic acid groups (broad SMARTS) is 1. The number of amides is 1. The van der Waals surface area contributed by atoms with E-state index < -0.39 is 17.9 Å². The largest absolute Gasteiger partial charge is 0.480 e. The first-order valence-corrected chi connectivity index (χ1v) is 12.7. The summed E-state index contributed by atoms with van der Waals surface area (Å²) in [5.41, 5.74) is 2.37. The minimum atomic E-state index is -1.10. The lowest BCUT2D eigenvalue weighted by Crippen LogP contribution is -2.46. The maximum Gasteiger partial charge on any atom is 0.326 e. The predicted molar refractivity (Wildman–Crippen MR) is 134 cm³/mol. The second-order valence-electron chi connectivity index (χ2n) is 8.10. The van der Waals surface area contributed by atoms with Crippen LogP contribution in [0.4, 0.5) is 0 Å². The summed E-state index contributed by atoms with van der Waals surface area (Å²) >= 11 is 1.51. The first kappa shape index (κ1) is 25.3. The molecule has 1 fully saturated rings. The zero-order valence-corrected chi connectivity index (χ0v) is 20.1. The molecule has 0 radical (unpaired) electrons. The number of hydrogen-bond acceptors (Lipinski definition) is 6. The van der Waals surface area contributed by atoms with Crippen molar-refractivity contribution in [2.24, 2.45) is 0 Å². The molecule has 1 aliphatic rings. The molecule has 2 N–H and O–H groups in total. The van der Waals surface area contributed by atoms with Crippen LogP contribution in [-0.4, -0.2) is 71.0 Å². The lowest BCUT2D eigenvalue weighted by Gasteiger charge is -2.39. The Balaban J connectivity index is 1.68. The van der Waals surface area contributed by atoms with Gasteiger partial charge < -0.3 is 15.3 Å². The van der Waals surface area contributed by atoms with Crippen molar-refractivity contribution in [2.45, 2.75) is 18.5 Å². The first-order chi connectivity index (χ1) is 16.5. The van der Waals surface area contributed by atoms with Crippen molar-refractivity contribution in [3.8, 4) is 6.07 Å². The third-order valence-corrected chi connectivity index (χ3v) is 6.48. The molecule has 1 unspecified atom stereocenters. The molecule has 0 bridgehead atoms. The molecule has 1 aliphatic heterocycles. The number of nitrogens with one attached hydrogen (secondary N) is 1. The van der Waals surface area contributed by atoms with Gasteiger partial charge in [-0.1, -0.05) is 60.7 Å². The number of piperazine rings is 1. The number of thioether (sulfide) groups is 1. The normalized spacial score (nSPS) is 15.6. The molecule has 8 heteroatoms. The lowest BCUT2D eigenvalue weighted by atomic mass is 9.96. The number of carbonyl (C=O) groups is 2. The number of rotatable bonds is 10. The fourth-order valence-corrected chi connectivity index (χ4v) is 4.53. The Kier molecular flexibility index (Phi) is 9.56. The summed E-state index contributed by atoms with van der Waals surface area (Å²) in [6.45, 7) is 2.83. The van der Waals surface area contributed by atoms with E-state index in [1.807, 2.05) is 53.6 Å². The smallest absolute Gasteiger partial charge is 0.326 e. The predicted octanol–water partition coefficient (Wildman–Crippen LogP) is 3.12. The van der Waals surface area contributed by atoms with Crippen LogP contribution in [0.15, 0.2) is 72.4 Å². The fourth-order valence-electron chi connectivity index (χ4n) is 4.06. The van der Waals surface area contributed by atoms with E-state index in [-0.39, 0.29) is 11.6 Å². The number of benzene rings is 2. The minimum absolute atomic E-state index is 0.0773. The van der Waals surface area contributed by atoms with E-state index in [4.69, 9.17) is 0 Å². The molecular weight excluding hydrogens is 448 g/mol. The lowest BCUT2D eigenvalue weighted by molar-refractivity contribution is -0.141. The van der Waals surface area contributed by atoms with Gasteiger partial charge in [-0.2, -0.15) is 17.0 Å². The SMILES string of the molecule is CSCCC(NC(=O)/C(C#N)=C\N1CCN(C(c2ccccc2)c2ccccc2)CC1)C(=O)O. The van der Waals surface area contributed by atoms with Gasteiger partial charge in [0.25, 0.3) is 5.91 Å². The summed E-state index contributed by atoms with van der Waals surface area (Å²) in [5.74, 6) is -1.14. The average Bonchev–Trinajstić information content (AvgIpc) is 2.87. The molecule has 0 spiro atoms. The maximum absolute atomic E-state index is 12.6. The molecule has 3 rings (SSSR count). The van der Waals surface area contributed by atoms with Crippen LogP contribution in [0, 0.1) is 11.3 Å². The second kappa shape index (κ2) is 12.8. The van der Waals surface area contributed by atoms with Crippen LogP contribution in [-0.2, 0) is 9.59 Å². The molecule has 1 atom stereocenters. The van der Waals surface area contributed by atoms with E-state index in [9.17, 15) is 20.0 Å². The Morgan fingerprint density at radius 2 is 1.62 bits per heavy atom. The Hall–Kier alpha value is -3.28. The molecular formula is C26H30N4O3S. The van der Waals surface area contributed by atoms with Gasteiger partial charge in [0.05, 0.1) is 6.04 Å². The molecule has 34 heavy (non-hydrogen) atoms. The highest BCUT2D eigenvalue weighted by molar-refractivity contribution is 7.98. The first-order valence-electron chi connectivity index (χ1n) is 11.3. The van der Waals surface area contributed by atoms with E-state index in [0.717, 1.165) is 13.1 Å². The number of nitrogens with zero attached hydrogens (tertiary/aromatic N) is 3. The van der Waals surface area contributed by atoms with E-state index in [1.54, 1.807) is 6.20 Å². The maximum atomic E-state index is 12.6. The van der Waals surface area contributed by atoms with Crippen molar-refractivity contribution in [1.82, 2.24) is 15.1 Å². The molecule has 1 heterocycles. The number of hydrogen-bond donors (Lipinski definition) is 2. The highest BCUT2D eigenvalue weighted by Crippen LogP contribution is 2.29. The van der Waals surface area contributed by atoms with Crippen LogP contribution in [0.5, 0.6) is 0 Å². The number of aliphatic carboxylic acids is 1. The average molecular weight is 479 g/mol. The summed E-state index contributed by atoms with van der Waals surface area (Å²) in [6, 6.07) is 21.8. The van der Waals surface area contributed by atoms with Crippen LogP contribution >= 0.6 is 11.8 Å². The van der Waals surface area contributed by atoms with E-state index in [1.165, 1.54) is 22.9 Å². The van der Waals surface area contributed by atoms with E-state index >= 15 is 0 Å². The monoisotopic (exact) mass is 478 g/mol. The van der Waals surface area contributed by atoms with Crippen molar-refractivity contribution < 1.29 is 14.7 Å². The summed E-state index contributed by atoms with van der Waals surface area (Å²) in [7, 11) is 0. The van der Waals surface area contributed by atoms with Gasteiger partial charge in [0, 0.05) is 32.4 Å². The van der Waals surface area contributed by atoms with Gasteiger partial charge in [-0.05, 0) is 29.6 Å². The molecule has 2 aromatic carbocycles. The summed E-state index contributed by atoms with van der Waals surface area (Å²) in [5, 5.41) is 21.4. The summed E-state index contributed by atoms with van der Waals surface area (Å²) in [6.07, 6.45) is 3.74. The van der Waals surface area contributed by atoms with Crippen LogP contribution in [0.25, 0.3) is 0 Å². The van der Waals surface area contributed by atoms with Crippen molar-refractivity contribution in [2.75, 3.05) is 38.2 Å². The van der Waals surface area contributed by atoms with Crippen LogP contribution < -0.4 is 5.32 Å². The molecule has 0 saturated carbocycles. The quantitative estimate of drug-likeness (QED) is 0.400. The van der Waals surface area contributed by atoms with Gasteiger partial charge in [0.15, 0.2) is 0 Å². The van der Waals surface area contributed by atoms with Crippen molar-refractivity contribution in [1.29, 1.82) is 5.26 Å². The van der Waals surface area contributed by atoms with Crippen LogP contribution in [0.2, 0.25) is 0 Å². The Labute approximate surface area is 205 Å². The summed E-state index contributed by atoms with van der Waals surface area (Å²) in [4.78, 5) is 28.4. The van der Waals surface area contributed by atoms with Crippen molar-refractivity contribution in [3.63, 3.8) is 0 Å². The zero-order chi connectivity index (χ0) is 24.3. The molecule has 2 aromatic rings. The van der Waals surface area contributed by atoms with Gasteiger partial charge in [0.1, 0.15) is 17.7 Å². The molecule has 1 saturated heterocycles. The van der Waals surface area contributed by atoms with Crippen LogP contribution in [0.3, 0.4) is 0 Å². The number of carbonyl (C=O) groups excluding carboxylic acids is 1. The number of carboxylic acids is 1. The molecule has 0 aromatic heterocycles. The van der Waals surface area contributed by atoms with Gasteiger partial charge in [-0.25, -0.2) is 4.79 Å². The Morgan fingerprint density at radius 3 is 2.09 bits per heavy atom. The fraction of sp³-hybridized carbons (Fsp3) is 0.346. The Bertz CT molecular complexity index is 976. The molecule has 1 amide bonds. The standard InChI is InChI=1S/C26H30N4O3S/c1-34-17-12-23(26(32)33)28-25(31)22(18-27)19-29-13-15-30(16-14-29)24(20-8-4-2-5-9-20)21-10-6-3-7-11-21/h2-11,19,23-24H,12-17H2,1H3,(H,28,31)(H,32,33)/b22-19-. The van der Waals surface area contributed by atoms with Gasteiger partial charge in [0.2, 0.25) is 0 Å². The Morgan fingerprint density at radius 1 is 1.06 bits per heavy atom. The van der Waals surface area contributed by atoms with E-state index in [0.29, 0.717) is 25.3 Å². The van der Waals surface area contributed by atoms with E-state index in [2.05, 4.69) is 34.5 Å². The summed E-state index contributed by atoms with van der Waals surface area (Å²) < 4.78 is 0. The molecule has 178 valence electrons. The van der Waals surface area contributed by atoms with Crippen molar-refractivity contribution in [3.05, 3.63) is 83.6 Å². The van der Waals surface area contributed by atoms with Crippen molar-refractivity contribution >= 4 is 23.6 Å². The van der Waals surface area contributed by atoms with Gasteiger partial charge >= 0.3 is 5.97 Å². The third kappa shape index (κ3) is 6.86. The highest BCUT2D eigenvalue weighted by atomic mass is 32.2. The third-order valence-electron chi connectivity index (χ3n) is 5.84. The minimum Gasteiger partial charge on any atom is -0.480 e. The number of nitriles is 1. The van der Waals surface area contributed by atoms with Gasteiger partial charge in [-0.3, -0.25) is 9.69 Å². The van der Waals surface area contributed by atoms with Gasteiger partial charge in [-0.15, -0.1) is 0 Å².